The maximum atomic E-state index is 12.6. The second-order valence-electron chi connectivity index (χ2n) is 6.13. The molecule has 0 bridgehead atoms. The summed E-state index contributed by atoms with van der Waals surface area (Å²) in [5, 5.41) is 3.85. The first kappa shape index (κ1) is 18.0. The third kappa shape index (κ3) is 3.74. The fourth-order valence-electron chi connectivity index (χ4n) is 3.18. The molecule has 0 radical (unpaired) electrons. The van der Waals surface area contributed by atoms with Crippen molar-refractivity contribution in [3.8, 4) is 0 Å². The van der Waals surface area contributed by atoms with Crippen LogP contribution in [0.2, 0.25) is 0 Å². The molecule has 0 saturated carbocycles. The number of nitrogens with one attached hydrogen (secondary N) is 1. The first-order chi connectivity index (χ1) is 12.5. The average molecular weight is 373 g/mol. The monoisotopic (exact) mass is 373 g/mol. The summed E-state index contributed by atoms with van der Waals surface area (Å²) in [6.07, 6.45) is 4.21. The maximum Gasteiger partial charge on any atom is 0.321 e. The van der Waals surface area contributed by atoms with Gasteiger partial charge in [-0.2, -0.15) is 0 Å². The van der Waals surface area contributed by atoms with Crippen LogP contribution in [0.15, 0.2) is 45.8 Å². The Morgan fingerprint density at radius 1 is 1.04 bits per heavy atom. The lowest BCUT2D eigenvalue weighted by atomic mass is 10.1. The molecule has 1 saturated heterocycles. The Hall–Kier alpha value is -2.77. The summed E-state index contributed by atoms with van der Waals surface area (Å²) in [7, 11) is -4.12. The molecule has 0 unspecified atom stereocenters. The van der Waals surface area contributed by atoms with Crippen molar-refractivity contribution in [2.45, 2.75) is 30.6 Å². The van der Waals surface area contributed by atoms with E-state index in [-0.39, 0.29) is 10.9 Å². The number of sulfonamides is 1. The molecule has 1 N–H and O–H groups in total. The standard InChI is InChI=1S/C17H19N5O3S/c18-20-21-26(24,25)16-10-6-7-13-14(16)8-5-9-15(13)19-17(23)22-11-3-1-2-4-12-22/h5-10H,1-4,11-12H2,(H,19,23). The van der Waals surface area contributed by atoms with Gasteiger partial charge in [-0.3, -0.25) is 0 Å². The molecule has 9 heteroatoms. The second kappa shape index (κ2) is 7.63. The zero-order chi connectivity index (χ0) is 18.6. The Morgan fingerprint density at radius 3 is 2.38 bits per heavy atom. The summed E-state index contributed by atoms with van der Waals surface area (Å²) in [6, 6.07) is 9.48. The number of carbonyl (C=O) groups excluding carboxylic acids is 1. The number of amides is 2. The van der Waals surface area contributed by atoms with Crippen molar-refractivity contribution in [3.05, 3.63) is 46.8 Å². The summed E-state index contributed by atoms with van der Waals surface area (Å²) < 4.78 is 27.2. The average Bonchev–Trinajstić information content (AvgIpc) is 2.91. The first-order valence-electron chi connectivity index (χ1n) is 8.42. The molecule has 136 valence electrons. The van der Waals surface area contributed by atoms with E-state index in [1.807, 2.05) is 0 Å². The van der Waals surface area contributed by atoms with Crippen molar-refractivity contribution < 1.29 is 13.2 Å². The van der Waals surface area contributed by atoms with Gasteiger partial charge >= 0.3 is 6.03 Å². The molecule has 1 aliphatic rings. The van der Waals surface area contributed by atoms with Crippen LogP contribution in [-0.4, -0.2) is 32.4 Å². The highest BCUT2D eigenvalue weighted by atomic mass is 32.2. The van der Waals surface area contributed by atoms with Crippen molar-refractivity contribution in [1.82, 2.24) is 4.90 Å². The Kier molecular flexibility index (Phi) is 5.29. The number of benzene rings is 2. The zero-order valence-corrected chi connectivity index (χ0v) is 14.9. The molecule has 26 heavy (non-hydrogen) atoms. The fourth-order valence-corrected chi connectivity index (χ4v) is 4.07. The van der Waals surface area contributed by atoms with Crippen LogP contribution in [0.5, 0.6) is 0 Å². The van der Waals surface area contributed by atoms with Gasteiger partial charge in [-0.05, 0) is 30.5 Å². The Labute approximate surface area is 151 Å². The number of urea groups is 1. The van der Waals surface area contributed by atoms with Crippen LogP contribution in [-0.2, 0) is 10.0 Å². The van der Waals surface area contributed by atoms with Gasteiger partial charge in [0.2, 0.25) is 0 Å². The maximum absolute atomic E-state index is 12.6. The first-order valence-corrected chi connectivity index (χ1v) is 9.86. The van der Waals surface area contributed by atoms with E-state index in [2.05, 4.69) is 14.7 Å². The van der Waals surface area contributed by atoms with Crippen LogP contribution < -0.4 is 5.32 Å². The highest BCUT2D eigenvalue weighted by Gasteiger charge is 2.19. The zero-order valence-electron chi connectivity index (χ0n) is 14.1. The van der Waals surface area contributed by atoms with Crippen molar-refractivity contribution in [1.29, 1.82) is 0 Å². The minimum absolute atomic E-state index is 0.0846. The van der Waals surface area contributed by atoms with Crippen LogP contribution in [0.4, 0.5) is 10.5 Å². The Morgan fingerprint density at radius 2 is 1.69 bits per heavy atom. The quantitative estimate of drug-likeness (QED) is 0.492. The van der Waals surface area contributed by atoms with E-state index in [4.69, 9.17) is 5.53 Å². The lowest BCUT2D eigenvalue weighted by molar-refractivity contribution is 0.214. The minimum Gasteiger partial charge on any atom is -0.325 e. The van der Waals surface area contributed by atoms with Crippen LogP contribution in [0.1, 0.15) is 25.7 Å². The van der Waals surface area contributed by atoms with Gasteiger partial charge in [0, 0.05) is 33.3 Å². The van der Waals surface area contributed by atoms with Crippen molar-refractivity contribution in [3.63, 3.8) is 0 Å². The summed E-state index contributed by atoms with van der Waals surface area (Å²) in [6.45, 7) is 1.43. The third-order valence-electron chi connectivity index (χ3n) is 4.44. The van der Waals surface area contributed by atoms with E-state index in [0.717, 1.165) is 25.7 Å². The van der Waals surface area contributed by atoms with Crippen LogP contribution >= 0.6 is 0 Å². The van der Waals surface area contributed by atoms with Gasteiger partial charge in [-0.1, -0.05) is 37.1 Å². The van der Waals surface area contributed by atoms with Crippen LogP contribution in [0.3, 0.4) is 0 Å². The van der Waals surface area contributed by atoms with Crippen molar-refractivity contribution >= 4 is 32.5 Å². The molecule has 1 aliphatic heterocycles. The molecular weight excluding hydrogens is 354 g/mol. The van der Waals surface area contributed by atoms with Crippen molar-refractivity contribution in [2.75, 3.05) is 18.4 Å². The number of likely N-dealkylation sites (tertiary alicyclic amines) is 1. The Balaban J connectivity index is 1.97. The summed E-state index contributed by atoms with van der Waals surface area (Å²) in [5.74, 6) is 0. The molecule has 0 aliphatic carbocycles. The highest BCUT2D eigenvalue weighted by molar-refractivity contribution is 7.90. The summed E-state index contributed by atoms with van der Waals surface area (Å²) in [4.78, 5) is 16.7. The predicted octanol–water partition coefficient (Wildman–Crippen LogP) is 4.25. The van der Waals surface area contributed by atoms with Crippen molar-refractivity contribution in [2.24, 2.45) is 4.52 Å². The molecule has 1 heterocycles. The molecule has 0 aromatic heterocycles. The van der Waals surface area contributed by atoms with Gasteiger partial charge in [0.15, 0.2) is 0 Å². The van der Waals surface area contributed by atoms with E-state index in [0.29, 0.717) is 29.5 Å². The van der Waals surface area contributed by atoms with Gasteiger partial charge < -0.3 is 10.2 Å². The predicted molar refractivity (Wildman–Crippen MR) is 99.3 cm³/mol. The number of azide groups is 1. The lowest BCUT2D eigenvalue weighted by Gasteiger charge is -2.21. The smallest absolute Gasteiger partial charge is 0.321 e. The minimum atomic E-state index is -4.12. The van der Waals surface area contributed by atoms with E-state index in [9.17, 15) is 13.2 Å². The number of hydrogen-bond acceptors (Lipinski definition) is 3. The molecule has 2 aromatic rings. The topological polar surface area (TPSA) is 115 Å². The summed E-state index contributed by atoms with van der Waals surface area (Å²) >= 11 is 0. The van der Waals surface area contributed by atoms with E-state index in [1.54, 1.807) is 35.2 Å². The van der Waals surface area contributed by atoms with Gasteiger partial charge in [-0.15, -0.1) is 0 Å². The Bertz CT molecular complexity index is 975. The van der Waals surface area contributed by atoms with E-state index >= 15 is 0 Å². The molecule has 0 spiro atoms. The van der Waals surface area contributed by atoms with Crippen LogP contribution in [0, 0.1) is 0 Å². The molecular formula is C17H19N5O3S. The number of fused-ring (bicyclic) bond motifs is 1. The summed E-state index contributed by atoms with van der Waals surface area (Å²) in [5.41, 5.74) is 9.02. The molecule has 1 fully saturated rings. The fraction of sp³-hybridized carbons (Fsp3) is 0.353. The number of hydrogen-bond donors (Lipinski definition) is 1. The lowest BCUT2D eigenvalue weighted by Crippen LogP contribution is -2.35. The van der Waals surface area contributed by atoms with Gasteiger partial charge in [0.1, 0.15) is 0 Å². The van der Waals surface area contributed by atoms with E-state index < -0.39 is 10.0 Å². The molecule has 2 aromatic carbocycles. The SMILES string of the molecule is [N-]=[N+]=NS(=O)(=O)c1cccc2c(NC(=O)N3CCCCCC3)cccc12. The van der Waals surface area contributed by atoms with Gasteiger partial charge in [-0.25, -0.2) is 13.2 Å². The molecule has 0 atom stereocenters. The second-order valence-corrected chi connectivity index (χ2v) is 7.69. The molecule has 2 amide bonds. The molecule has 8 nitrogen and oxygen atoms in total. The number of nitrogens with zero attached hydrogens (tertiary/aromatic N) is 4. The normalized spacial score (nSPS) is 15.2. The third-order valence-corrected chi connectivity index (χ3v) is 5.64. The van der Waals surface area contributed by atoms with Gasteiger partial charge in [0.25, 0.3) is 10.0 Å². The molecule has 3 rings (SSSR count). The number of anilines is 1. The van der Waals surface area contributed by atoms with Crippen LogP contribution in [0.25, 0.3) is 21.2 Å². The number of rotatable bonds is 3. The van der Waals surface area contributed by atoms with E-state index in [1.165, 1.54) is 6.07 Å². The van der Waals surface area contributed by atoms with Gasteiger partial charge in [0.05, 0.1) is 10.6 Å². The highest BCUT2D eigenvalue weighted by Crippen LogP contribution is 2.30. The number of carbonyl (C=O) groups is 1. The largest absolute Gasteiger partial charge is 0.325 e.